The summed E-state index contributed by atoms with van der Waals surface area (Å²) in [6, 6.07) is 0. The van der Waals surface area contributed by atoms with Gasteiger partial charge in [-0.2, -0.15) is 0 Å². The summed E-state index contributed by atoms with van der Waals surface area (Å²) >= 11 is 3.32. The maximum Gasteiger partial charge on any atom is 0.161 e. The van der Waals surface area contributed by atoms with Crippen LogP contribution in [0, 0.1) is 6.92 Å². The molecule has 3 heterocycles. The molecule has 0 aliphatic carbocycles. The van der Waals surface area contributed by atoms with E-state index in [1.54, 1.807) is 42.3 Å². The first-order chi connectivity index (χ1) is 9.15. The number of hydrogen-bond acceptors (Lipinski definition) is 5. The van der Waals surface area contributed by atoms with Gasteiger partial charge >= 0.3 is 0 Å². The van der Waals surface area contributed by atoms with Crippen LogP contribution in [0.15, 0.2) is 35.6 Å². The SMILES string of the molecule is Cc1ncc(C(O)c2nc(Br)cn3ccnc23)cn1. The summed E-state index contributed by atoms with van der Waals surface area (Å²) in [5.41, 5.74) is 1.66. The molecule has 0 amide bonds. The van der Waals surface area contributed by atoms with Crippen molar-refractivity contribution >= 4 is 21.6 Å². The minimum absolute atomic E-state index is 0.465. The molecule has 3 rings (SSSR count). The van der Waals surface area contributed by atoms with Crippen molar-refractivity contribution in [3.8, 4) is 0 Å². The molecule has 19 heavy (non-hydrogen) atoms. The van der Waals surface area contributed by atoms with Gasteiger partial charge in [0, 0.05) is 36.5 Å². The largest absolute Gasteiger partial charge is 0.382 e. The van der Waals surface area contributed by atoms with E-state index < -0.39 is 6.10 Å². The Morgan fingerprint density at radius 1 is 1.26 bits per heavy atom. The van der Waals surface area contributed by atoms with E-state index >= 15 is 0 Å². The van der Waals surface area contributed by atoms with Crippen molar-refractivity contribution in [2.24, 2.45) is 0 Å². The highest BCUT2D eigenvalue weighted by molar-refractivity contribution is 9.10. The van der Waals surface area contributed by atoms with Crippen molar-refractivity contribution < 1.29 is 5.11 Å². The van der Waals surface area contributed by atoms with E-state index in [4.69, 9.17) is 0 Å². The third-order valence-corrected chi connectivity index (χ3v) is 3.13. The second-order valence-corrected chi connectivity index (χ2v) is 4.89. The van der Waals surface area contributed by atoms with Crippen molar-refractivity contribution in [2.45, 2.75) is 13.0 Å². The van der Waals surface area contributed by atoms with Gasteiger partial charge in [-0.05, 0) is 22.9 Å². The number of hydrogen-bond donors (Lipinski definition) is 1. The molecule has 0 bridgehead atoms. The average Bonchev–Trinajstić information content (AvgIpc) is 2.85. The minimum atomic E-state index is -0.914. The van der Waals surface area contributed by atoms with E-state index in [2.05, 4.69) is 35.9 Å². The fraction of sp³-hybridized carbons (Fsp3) is 0.167. The second kappa shape index (κ2) is 4.67. The number of halogens is 1. The zero-order chi connectivity index (χ0) is 13.4. The van der Waals surface area contributed by atoms with Crippen LogP contribution in [-0.4, -0.2) is 29.4 Å². The lowest BCUT2D eigenvalue weighted by Crippen LogP contribution is -2.07. The van der Waals surface area contributed by atoms with E-state index in [1.165, 1.54) is 0 Å². The van der Waals surface area contributed by atoms with E-state index in [-0.39, 0.29) is 0 Å². The highest BCUT2D eigenvalue weighted by Gasteiger charge is 2.18. The second-order valence-electron chi connectivity index (χ2n) is 4.07. The quantitative estimate of drug-likeness (QED) is 0.777. The molecule has 0 aliphatic rings. The number of aliphatic hydroxyl groups is 1. The smallest absolute Gasteiger partial charge is 0.161 e. The Balaban J connectivity index is 2.12. The van der Waals surface area contributed by atoms with E-state index in [9.17, 15) is 5.11 Å². The van der Waals surface area contributed by atoms with Crippen LogP contribution in [0.1, 0.15) is 23.2 Å². The third kappa shape index (κ3) is 2.22. The average molecular weight is 320 g/mol. The molecule has 0 radical (unpaired) electrons. The van der Waals surface area contributed by atoms with Crippen molar-refractivity contribution in [3.05, 3.63) is 52.7 Å². The van der Waals surface area contributed by atoms with Crippen LogP contribution in [0.4, 0.5) is 0 Å². The highest BCUT2D eigenvalue weighted by Crippen LogP contribution is 2.24. The fourth-order valence-corrected chi connectivity index (χ4v) is 2.22. The van der Waals surface area contributed by atoms with Gasteiger partial charge in [-0.1, -0.05) is 0 Å². The molecule has 0 saturated carbocycles. The maximum absolute atomic E-state index is 10.4. The molecule has 0 spiro atoms. The van der Waals surface area contributed by atoms with E-state index in [0.717, 1.165) is 0 Å². The summed E-state index contributed by atoms with van der Waals surface area (Å²) in [6.07, 6.45) is 7.51. The molecule has 0 aromatic carbocycles. The lowest BCUT2D eigenvalue weighted by atomic mass is 10.1. The van der Waals surface area contributed by atoms with Crippen LogP contribution >= 0.6 is 15.9 Å². The molecule has 3 aromatic rings. The predicted molar refractivity (Wildman–Crippen MR) is 71.5 cm³/mol. The Morgan fingerprint density at radius 3 is 2.74 bits per heavy atom. The van der Waals surface area contributed by atoms with Gasteiger partial charge in [0.05, 0.1) is 0 Å². The first-order valence-electron chi connectivity index (χ1n) is 5.61. The summed E-state index contributed by atoms with van der Waals surface area (Å²) in [5.74, 6) is 0.657. The van der Waals surface area contributed by atoms with Gasteiger partial charge in [-0.3, -0.25) is 0 Å². The molecule has 1 atom stereocenters. The third-order valence-electron chi connectivity index (χ3n) is 2.75. The number of imidazole rings is 1. The normalized spacial score (nSPS) is 12.8. The van der Waals surface area contributed by atoms with Crippen LogP contribution in [0.2, 0.25) is 0 Å². The van der Waals surface area contributed by atoms with Gasteiger partial charge in [-0.25, -0.2) is 19.9 Å². The maximum atomic E-state index is 10.4. The molecule has 0 fully saturated rings. The monoisotopic (exact) mass is 319 g/mol. The van der Waals surface area contributed by atoms with Crippen LogP contribution in [-0.2, 0) is 0 Å². The number of aromatic nitrogens is 5. The highest BCUT2D eigenvalue weighted by atomic mass is 79.9. The van der Waals surface area contributed by atoms with Gasteiger partial charge in [0.25, 0.3) is 0 Å². The lowest BCUT2D eigenvalue weighted by molar-refractivity contribution is 0.215. The molecule has 7 heteroatoms. The van der Waals surface area contributed by atoms with E-state index in [1.807, 2.05) is 0 Å². The molecule has 0 aliphatic heterocycles. The Hall–Kier alpha value is -1.86. The summed E-state index contributed by atoms with van der Waals surface area (Å²) in [7, 11) is 0. The topological polar surface area (TPSA) is 76.2 Å². The van der Waals surface area contributed by atoms with Crippen molar-refractivity contribution in [1.82, 2.24) is 24.3 Å². The van der Waals surface area contributed by atoms with Crippen LogP contribution in [0.25, 0.3) is 5.65 Å². The molecular weight excluding hydrogens is 310 g/mol. The van der Waals surface area contributed by atoms with Gasteiger partial charge in [-0.15, -0.1) is 0 Å². The van der Waals surface area contributed by atoms with Crippen LogP contribution in [0.5, 0.6) is 0 Å². The first-order valence-corrected chi connectivity index (χ1v) is 6.40. The first kappa shape index (κ1) is 12.2. The van der Waals surface area contributed by atoms with Crippen LogP contribution in [0.3, 0.4) is 0 Å². The number of fused-ring (bicyclic) bond motifs is 1. The van der Waals surface area contributed by atoms with E-state index in [0.29, 0.717) is 27.3 Å². The molecule has 3 aromatic heterocycles. The summed E-state index contributed by atoms with van der Waals surface area (Å²) in [4.78, 5) is 16.7. The van der Waals surface area contributed by atoms with Gasteiger partial charge in [0.15, 0.2) is 5.65 Å². The number of aryl methyl sites for hydroxylation is 1. The number of nitrogens with zero attached hydrogens (tertiary/aromatic N) is 5. The fourth-order valence-electron chi connectivity index (χ4n) is 1.81. The Morgan fingerprint density at radius 2 is 2.00 bits per heavy atom. The lowest BCUT2D eigenvalue weighted by Gasteiger charge is -2.11. The number of aliphatic hydroxyl groups excluding tert-OH is 1. The Kier molecular flexibility index (Phi) is 3.00. The predicted octanol–water partition coefficient (Wildman–Crippen LogP) is 1.67. The zero-order valence-corrected chi connectivity index (χ0v) is 11.6. The molecule has 96 valence electrons. The van der Waals surface area contributed by atoms with Crippen molar-refractivity contribution in [1.29, 1.82) is 0 Å². The van der Waals surface area contributed by atoms with Gasteiger partial charge in [0.2, 0.25) is 0 Å². The van der Waals surface area contributed by atoms with Crippen molar-refractivity contribution in [2.75, 3.05) is 0 Å². The van der Waals surface area contributed by atoms with Crippen molar-refractivity contribution in [3.63, 3.8) is 0 Å². The summed E-state index contributed by atoms with van der Waals surface area (Å²) in [5, 5.41) is 10.4. The molecule has 1 N–H and O–H groups in total. The zero-order valence-electron chi connectivity index (χ0n) is 10.0. The standard InChI is InChI=1S/C12H10BrN5O/c1-7-15-4-8(5-16-7)11(19)10-12-14-2-3-18(12)6-9(13)17-10/h2-6,11,19H,1H3. The minimum Gasteiger partial charge on any atom is -0.382 e. The molecule has 0 saturated heterocycles. The Bertz CT molecular complexity index is 725. The molecule has 6 nitrogen and oxygen atoms in total. The van der Waals surface area contributed by atoms with Gasteiger partial charge in [0.1, 0.15) is 22.2 Å². The Labute approximate surface area is 117 Å². The van der Waals surface area contributed by atoms with Gasteiger partial charge < -0.3 is 9.51 Å². The number of rotatable bonds is 2. The summed E-state index contributed by atoms with van der Waals surface area (Å²) in [6.45, 7) is 1.79. The molecule has 1 unspecified atom stereocenters. The molecular formula is C12H10BrN5O. The summed E-state index contributed by atoms with van der Waals surface area (Å²) < 4.78 is 2.42. The van der Waals surface area contributed by atoms with Crippen LogP contribution < -0.4 is 0 Å².